The van der Waals surface area contributed by atoms with E-state index in [1.165, 1.54) is 11.1 Å². The molecule has 0 aromatic carbocycles. The van der Waals surface area contributed by atoms with Crippen molar-refractivity contribution in [2.75, 3.05) is 0 Å². The fourth-order valence-corrected chi connectivity index (χ4v) is 14.0. The lowest BCUT2D eigenvalue weighted by Crippen LogP contribution is -2.51. The fraction of sp³-hybridized carbons (Fsp3) is 0.636. The average molecular weight is 329 g/mol. The first-order valence-corrected chi connectivity index (χ1v) is 11.6. The third kappa shape index (κ3) is 2.56. The Bertz CT molecular complexity index is 566. The molecule has 128 valence electrons. The molecule has 0 spiro atoms. The van der Waals surface area contributed by atoms with E-state index in [9.17, 15) is 0 Å². The maximum absolute atomic E-state index is 2.51. The van der Waals surface area contributed by atoms with Crippen LogP contribution >= 0.6 is 0 Å². The van der Waals surface area contributed by atoms with E-state index >= 15 is 0 Å². The summed E-state index contributed by atoms with van der Waals surface area (Å²) < 4.78 is 0. The molecule has 0 aromatic heterocycles. The summed E-state index contributed by atoms with van der Waals surface area (Å²) in [5, 5.41) is 0. The van der Waals surface area contributed by atoms with Crippen LogP contribution in [0.4, 0.5) is 0 Å². The van der Waals surface area contributed by atoms with Gasteiger partial charge in [-0.05, 0) is 63.7 Å². The predicted octanol–water partition coefficient (Wildman–Crippen LogP) is 7.59. The largest absolute Gasteiger partial charge is 0.0821 e. The van der Waals surface area contributed by atoms with Gasteiger partial charge in [-0.2, -0.15) is 0 Å². The van der Waals surface area contributed by atoms with Gasteiger partial charge in [0.1, 0.15) is 0 Å². The molecular weight excluding hydrogens is 292 g/mol. The third-order valence-corrected chi connectivity index (χ3v) is 14.7. The highest BCUT2D eigenvalue weighted by Crippen LogP contribution is 2.62. The number of allylic oxidation sites excluding steroid dienone is 8. The van der Waals surface area contributed by atoms with Crippen LogP contribution < -0.4 is 0 Å². The SMILES string of the molecule is CC1=CC(C)=C(C)C1[Si](C(C)C)(C(C)C)C1C(C)=CC(C)=C1C. The van der Waals surface area contributed by atoms with E-state index in [1.807, 2.05) is 0 Å². The number of rotatable bonds is 4. The molecule has 0 radical (unpaired) electrons. The van der Waals surface area contributed by atoms with E-state index in [1.54, 1.807) is 22.3 Å². The third-order valence-electron chi connectivity index (χ3n) is 6.91. The summed E-state index contributed by atoms with van der Waals surface area (Å²) in [6.07, 6.45) is 4.93. The Labute approximate surface area is 145 Å². The smallest absolute Gasteiger partial charge is 0.0685 e. The first kappa shape index (κ1) is 18.5. The first-order chi connectivity index (χ1) is 10.6. The molecule has 0 nitrogen and oxygen atoms in total. The molecule has 2 unspecified atom stereocenters. The molecule has 1 heteroatoms. The zero-order valence-corrected chi connectivity index (χ0v) is 18.0. The van der Waals surface area contributed by atoms with Crippen molar-refractivity contribution in [3.05, 3.63) is 45.6 Å². The highest BCUT2D eigenvalue weighted by molar-refractivity contribution is 6.87. The average Bonchev–Trinajstić information content (AvgIpc) is 2.82. The summed E-state index contributed by atoms with van der Waals surface area (Å²) in [5.74, 6) is 0. The van der Waals surface area contributed by atoms with E-state index in [2.05, 4.69) is 81.4 Å². The van der Waals surface area contributed by atoms with Crippen LogP contribution in [0.25, 0.3) is 0 Å². The molecule has 0 amide bonds. The van der Waals surface area contributed by atoms with Crippen LogP contribution in [0.1, 0.15) is 69.2 Å². The highest BCUT2D eigenvalue weighted by atomic mass is 28.3. The molecule has 2 atom stereocenters. The van der Waals surface area contributed by atoms with Gasteiger partial charge in [-0.3, -0.25) is 0 Å². The second-order valence-electron chi connectivity index (χ2n) is 8.68. The van der Waals surface area contributed by atoms with E-state index in [4.69, 9.17) is 0 Å². The molecule has 0 saturated carbocycles. The van der Waals surface area contributed by atoms with Crippen molar-refractivity contribution < 1.29 is 0 Å². The van der Waals surface area contributed by atoms with E-state index in [0.29, 0.717) is 11.1 Å². The molecule has 2 rings (SSSR count). The van der Waals surface area contributed by atoms with Gasteiger partial charge in [-0.15, -0.1) is 0 Å². The molecule has 23 heavy (non-hydrogen) atoms. The van der Waals surface area contributed by atoms with Gasteiger partial charge in [0.15, 0.2) is 0 Å². The first-order valence-electron chi connectivity index (χ1n) is 9.27. The minimum absolute atomic E-state index is 0.705. The molecule has 2 aliphatic carbocycles. The number of hydrogen-bond donors (Lipinski definition) is 0. The van der Waals surface area contributed by atoms with Crippen LogP contribution in [-0.4, -0.2) is 8.07 Å². The minimum atomic E-state index is -1.67. The molecule has 0 N–H and O–H groups in total. The van der Waals surface area contributed by atoms with Gasteiger partial charge in [-0.25, -0.2) is 0 Å². The van der Waals surface area contributed by atoms with E-state index in [0.717, 1.165) is 11.1 Å². The van der Waals surface area contributed by atoms with Crippen molar-refractivity contribution >= 4 is 8.07 Å². The Balaban J connectivity index is 2.74. The lowest BCUT2D eigenvalue weighted by Gasteiger charge is -2.51. The lowest BCUT2D eigenvalue weighted by molar-refractivity contribution is 0.793. The molecule has 0 bridgehead atoms. The van der Waals surface area contributed by atoms with E-state index < -0.39 is 8.07 Å². The van der Waals surface area contributed by atoms with Crippen molar-refractivity contribution in [1.82, 2.24) is 0 Å². The Hall–Kier alpha value is -0.823. The quantitative estimate of drug-likeness (QED) is 0.466. The van der Waals surface area contributed by atoms with Gasteiger partial charge in [-0.1, -0.05) is 73.3 Å². The molecular formula is C22H36Si. The standard InChI is InChI=1S/C22H36Si/c1-13(2)23(14(3)4,21-17(7)11-15(5)19(21)9)22-18(8)12-16(6)20(22)10/h11-14,21-22H,1-10H3. The Morgan fingerprint density at radius 1 is 0.652 bits per heavy atom. The summed E-state index contributed by atoms with van der Waals surface area (Å²) in [5.41, 5.74) is 12.5. The van der Waals surface area contributed by atoms with Gasteiger partial charge in [0.2, 0.25) is 0 Å². The Morgan fingerprint density at radius 3 is 1.13 bits per heavy atom. The molecule has 0 aliphatic heterocycles. The van der Waals surface area contributed by atoms with Gasteiger partial charge in [0.25, 0.3) is 0 Å². The van der Waals surface area contributed by atoms with Crippen LogP contribution in [0, 0.1) is 0 Å². The summed E-state index contributed by atoms with van der Waals surface area (Å²) in [6.45, 7) is 24.2. The van der Waals surface area contributed by atoms with Crippen LogP contribution in [0.5, 0.6) is 0 Å². The highest BCUT2D eigenvalue weighted by Gasteiger charge is 2.55. The maximum Gasteiger partial charge on any atom is 0.0821 e. The zero-order valence-electron chi connectivity index (χ0n) is 17.0. The molecule has 0 heterocycles. The van der Waals surface area contributed by atoms with Gasteiger partial charge >= 0.3 is 0 Å². The predicted molar refractivity (Wildman–Crippen MR) is 108 cm³/mol. The second kappa shape index (κ2) is 6.24. The molecule has 0 fully saturated rings. The molecule has 0 saturated heterocycles. The van der Waals surface area contributed by atoms with Gasteiger partial charge in [0.05, 0.1) is 8.07 Å². The maximum atomic E-state index is 2.51. The molecule has 2 aliphatic rings. The normalized spacial score (nSPS) is 25.9. The van der Waals surface area contributed by atoms with Crippen LogP contribution in [0.2, 0.25) is 22.2 Å². The molecule has 0 aromatic rings. The topological polar surface area (TPSA) is 0 Å². The zero-order chi connectivity index (χ0) is 17.7. The lowest BCUT2D eigenvalue weighted by atomic mass is 10.1. The summed E-state index contributed by atoms with van der Waals surface area (Å²) in [7, 11) is -1.67. The Morgan fingerprint density at radius 2 is 0.957 bits per heavy atom. The second-order valence-corrected chi connectivity index (χ2v) is 14.1. The van der Waals surface area contributed by atoms with Crippen LogP contribution in [0.15, 0.2) is 45.6 Å². The summed E-state index contributed by atoms with van der Waals surface area (Å²) in [6, 6.07) is 0. The van der Waals surface area contributed by atoms with Crippen molar-refractivity contribution in [3.63, 3.8) is 0 Å². The van der Waals surface area contributed by atoms with Gasteiger partial charge < -0.3 is 0 Å². The van der Waals surface area contributed by atoms with Gasteiger partial charge in [0, 0.05) is 0 Å². The Kier molecular flexibility index (Phi) is 5.02. The minimum Gasteiger partial charge on any atom is -0.0685 e. The van der Waals surface area contributed by atoms with Crippen LogP contribution in [-0.2, 0) is 0 Å². The van der Waals surface area contributed by atoms with Crippen molar-refractivity contribution in [1.29, 1.82) is 0 Å². The van der Waals surface area contributed by atoms with Crippen molar-refractivity contribution in [2.45, 2.75) is 91.4 Å². The van der Waals surface area contributed by atoms with Crippen molar-refractivity contribution in [2.24, 2.45) is 0 Å². The summed E-state index contributed by atoms with van der Waals surface area (Å²) in [4.78, 5) is 0. The summed E-state index contributed by atoms with van der Waals surface area (Å²) >= 11 is 0. The van der Waals surface area contributed by atoms with Crippen molar-refractivity contribution in [3.8, 4) is 0 Å². The van der Waals surface area contributed by atoms with Crippen LogP contribution in [0.3, 0.4) is 0 Å². The number of hydrogen-bond acceptors (Lipinski definition) is 0. The monoisotopic (exact) mass is 328 g/mol. The fourth-order valence-electron chi connectivity index (χ4n) is 5.92. The van der Waals surface area contributed by atoms with E-state index in [-0.39, 0.29) is 0 Å².